The van der Waals surface area contributed by atoms with Gasteiger partial charge in [-0.25, -0.2) is 4.39 Å². The maximum atomic E-state index is 17.4. The molecule has 2 aliphatic heterocycles. The third-order valence-electron chi connectivity index (χ3n) is 12.9. The number of methoxy groups -OCH3 is 1. The number of ether oxygens (including phenoxy) is 3. The minimum Gasteiger partial charge on any atom is -0.468 e. The molecule has 0 N–H and O–H groups in total. The Labute approximate surface area is 361 Å². The van der Waals surface area contributed by atoms with Crippen LogP contribution in [0.2, 0.25) is 5.04 Å². The molecule has 0 bridgehead atoms. The van der Waals surface area contributed by atoms with Gasteiger partial charge in [0.2, 0.25) is 0 Å². The Morgan fingerprint density at radius 2 is 1.48 bits per heavy atom. The number of hydrogen-bond acceptors (Lipinski definition) is 9. The fourth-order valence-corrected chi connectivity index (χ4v) is 14.2. The molecule has 8 rings (SSSR count). The molecule has 2 saturated heterocycles. The molecule has 2 fully saturated rings. The molecule has 2 aliphatic rings. The number of rotatable bonds is 14. The standard InChI is InChI=1S/C50H60FN5O4Si/c1-7-35-19-18-20-36-29-39(59-34-57-6)30-42(44(35)36)46-45(51)47-43(31-52-46)48(56-27-16-8-9-17-28-56)54-49(53-47)58-32-37-25-26-38(55(37)5)33-60-61(50(2,3)4,40-21-12-10-13-22-40)41-23-14-11-15-24-41/h10-15,18-24,29-31,37-38H,7-9,16-17,25-28,32-34H2,1-6H3/t37-,38-/m0/s1. The lowest BCUT2D eigenvalue weighted by molar-refractivity contribution is 0.0512. The summed E-state index contributed by atoms with van der Waals surface area (Å²) >= 11 is 0. The number of likely N-dealkylation sites (N-methyl/N-ethyl adjacent to an activating group) is 1. The Morgan fingerprint density at radius 3 is 2.11 bits per heavy atom. The molecule has 6 aromatic rings. The van der Waals surface area contributed by atoms with E-state index in [1.807, 2.05) is 24.3 Å². The number of nitrogens with zero attached hydrogens (tertiary/aromatic N) is 5. The maximum absolute atomic E-state index is 17.4. The van der Waals surface area contributed by atoms with Crippen LogP contribution in [0.25, 0.3) is 32.9 Å². The fourth-order valence-electron chi connectivity index (χ4n) is 9.61. The summed E-state index contributed by atoms with van der Waals surface area (Å²) in [6.07, 6.45) is 8.83. The summed E-state index contributed by atoms with van der Waals surface area (Å²) in [4.78, 5) is 19.3. The van der Waals surface area contributed by atoms with Gasteiger partial charge in [0.15, 0.2) is 12.6 Å². The van der Waals surface area contributed by atoms with E-state index in [0.29, 0.717) is 35.7 Å². The van der Waals surface area contributed by atoms with Crippen LogP contribution in [0.15, 0.2) is 97.2 Å². The first kappa shape index (κ1) is 42.7. The molecule has 0 amide bonds. The molecule has 61 heavy (non-hydrogen) atoms. The third-order valence-corrected chi connectivity index (χ3v) is 17.9. The number of halogens is 1. The monoisotopic (exact) mass is 841 g/mol. The Morgan fingerprint density at radius 1 is 0.803 bits per heavy atom. The quantitative estimate of drug-likeness (QED) is 0.0788. The maximum Gasteiger partial charge on any atom is 0.319 e. The SMILES string of the molecule is CCc1cccc2cc(OCOC)cc(-c3ncc4c(N5CCCCCC5)nc(OC[C@@H]5CC[C@@H](CO[Si](c6ccccc6)(c6ccccc6)C(C)(C)C)N5C)nc4c3F)c12. The van der Waals surface area contributed by atoms with Crippen LogP contribution >= 0.6 is 0 Å². The van der Waals surface area contributed by atoms with Gasteiger partial charge in [-0.2, -0.15) is 9.97 Å². The Kier molecular flexibility index (Phi) is 13.0. The molecule has 4 heterocycles. The summed E-state index contributed by atoms with van der Waals surface area (Å²) in [6, 6.07) is 32.1. The summed E-state index contributed by atoms with van der Waals surface area (Å²) in [5.41, 5.74) is 2.17. The molecule has 0 saturated carbocycles. The second kappa shape index (κ2) is 18.6. The highest BCUT2D eigenvalue weighted by molar-refractivity contribution is 6.99. The highest BCUT2D eigenvalue weighted by atomic mass is 28.4. The highest BCUT2D eigenvalue weighted by Gasteiger charge is 2.51. The molecular weight excluding hydrogens is 782 g/mol. The second-order valence-corrected chi connectivity index (χ2v) is 21.9. The van der Waals surface area contributed by atoms with Gasteiger partial charge in [0.1, 0.15) is 29.4 Å². The van der Waals surface area contributed by atoms with Crippen molar-refractivity contribution in [3.63, 3.8) is 0 Å². The Balaban J connectivity index is 1.10. The van der Waals surface area contributed by atoms with Crippen LogP contribution in [0.5, 0.6) is 11.8 Å². The van der Waals surface area contributed by atoms with Crippen LogP contribution in [0.1, 0.15) is 71.8 Å². The minimum atomic E-state index is -2.69. The van der Waals surface area contributed by atoms with Gasteiger partial charge in [-0.1, -0.05) is 119 Å². The van der Waals surface area contributed by atoms with Gasteiger partial charge in [0.05, 0.1) is 12.0 Å². The smallest absolute Gasteiger partial charge is 0.319 e. The fraction of sp³-hybridized carbons (Fsp3) is 0.420. The van der Waals surface area contributed by atoms with E-state index in [1.165, 1.54) is 10.4 Å². The number of likely N-dealkylation sites (tertiary alicyclic amines) is 1. The van der Waals surface area contributed by atoms with E-state index >= 15 is 4.39 Å². The van der Waals surface area contributed by atoms with Crippen molar-refractivity contribution in [1.29, 1.82) is 0 Å². The van der Waals surface area contributed by atoms with Gasteiger partial charge in [0.25, 0.3) is 8.32 Å². The van der Waals surface area contributed by atoms with Gasteiger partial charge in [-0.05, 0) is 83.0 Å². The van der Waals surface area contributed by atoms with Crippen molar-refractivity contribution >= 4 is 46.2 Å². The average Bonchev–Trinajstić information content (AvgIpc) is 3.42. The number of aromatic nitrogens is 3. The number of hydrogen-bond donors (Lipinski definition) is 0. The van der Waals surface area contributed by atoms with E-state index in [9.17, 15) is 0 Å². The van der Waals surface area contributed by atoms with Crippen LogP contribution in [-0.4, -0.2) is 87.5 Å². The molecule has 320 valence electrons. The topological polar surface area (TPSA) is 82.1 Å². The van der Waals surface area contributed by atoms with Crippen LogP contribution in [-0.2, 0) is 15.6 Å². The lowest BCUT2D eigenvalue weighted by Crippen LogP contribution is -2.67. The van der Waals surface area contributed by atoms with Gasteiger partial charge in [-0.3, -0.25) is 9.88 Å². The van der Waals surface area contributed by atoms with E-state index in [1.54, 1.807) is 13.3 Å². The average molecular weight is 842 g/mol. The third kappa shape index (κ3) is 8.62. The van der Waals surface area contributed by atoms with E-state index in [2.05, 4.69) is 111 Å². The van der Waals surface area contributed by atoms with Crippen LogP contribution < -0.4 is 24.7 Å². The molecule has 2 aromatic heterocycles. The molecule has 0 radical (unpaired) electrons. The van der Waals surface area contributed by atoms with Gasteiger partial charge in [0, 0.05) is 44.0 Å². The first-order chi connectivity index (χ1) is 29.6. The van der Waals surface area contributed by atoms with Crippen molar-refractivity contribution < 1.29 is 23.0 Å². The normalized spacial score (nSPS) is 17.9. The van der Waals surface area contributed by atoms with Crippen molar-refractivity contribution in [2.75, 3.05) is 52.2 Å². The molecule has 11 heteroatoms. The molecule has 0 spiro atoms. The largest absolute Gasteiger partial charge is 0.468 e. The number of pyridine rings is 1. The number of aryl methyl sites for hydroxylation is 1. The van der Waals surface area contributed by atoms with E-state index in [4.69, 9.17) is 33.6 Å². The molecule has 2 atom stereocenters. The first-order valence-electron chi connectivity index (χ1n) is 22.0. The Hall–Kier alpha value is -4.94. The zero-order valence-corrected chi connectivity index (χ0v) is 37.6. The van der Waals surface area contributed by atoms with Gasteiger partial charge < -0.3 is 23.5 Å². The number of fused-ring (bicyclic) bond motifs is 2. The van der Waals surface area contributed by atoms with Crippen molar-refractivity contribution in [3.8, 4) is 23.0 Å². The zero-order valence-electron chi connectivity index (χ0n) is 36.6. The lowest BCUT2D eigenvalue weighted by atomic mass is 9.95. The van der Waals surface area contributed by atoms with Crippen LogP contribution in [0.4, 0.5) is 10.2 Å². The lowest BCUT2D eigenvalue weighted by Gasteiger charge is -2.44. The molecule has 9 nitrogen and oxygen atoms in total. The summed E-state index contributed by atoms with van der Waals surface area (Å²) in [6.45, 7) is 11.8. The summed E-state index contributed by atoms with van der Waals surface area (Å²) < 4.78 is 42.4. The van der Waals surface area contributed by atoms with Crippen molar-refractivity contribution in [1.82, 2.24) is 19.9 Å². The predicted molar refractivity (Wildman–Crippen MR) is 246 cm³/mol. The van der Waals surface area contributed by atoms with E-state index < -0.39 is 14.1 Å². The minimum absolute atomic E-state index is 0.0733. The summed E-state index contributed by atoms with van der Waals surface area (Å²) in [5, 5.41) is 4.92. The molecule has 0 aliphatic carbocycles. The van der Waals surface area contributed by atoms with Crippen LogP contribution in [0.3, 0.4) is 0 Å². The molecule has 0 unspecified atom stereocenters. The highest BCUT2D eigenvalue weighted by Crippen LogP contribution is 2.40. The van der Waals surface area contributed by atoms with Crippen LogP contribution in [0, 0.1) is 5.82 Å². The summed E-state index contributed by atoms with van der Waals surface area (Å²) in [5.74, 6) is 0.745. The van der Waals surface area contributed by atoms with Crippen molar-refractivity contribution in [2.45, 2.75) is 89.8 Å². The second-order valence-electron chi connectivity index (χ2n) is 17.6. The number of anilines is 1. The van der Waals surface area contributed by atoms with Gasteiger partial charge in [-0.15, -0.1) is 0 Å². The van der Waals surface area contributed by atoms with E-state index in [-0.39, 0.29) is 41.1 Å². The molecular formula is C50H60FN5O4Si. The van der Waals surface area contributed by atoms with Crippen molar-refractivity contribution in [3.05, 3.63) is 109 Å². The molecule has 4 aromatic carbocycles. The van der Waals surface area contributed by atoms with Gasteiger partial charge >= 0.3 is 6.01 Å². The van der Waals surface area contributed by atoms with Crippen molar-refractivity contribution in [2.24, 2.45) is 0 Å². The number of benzene rings is 4. The summed E-state index contributed by atoms with van der Waals surface area (Å²) in [7, 11) is 1.06. The zero-order chi connectivity index (χ0) is 42.6. The predicted octanol–water partition coefficient (Wildman–Crippen LogP) is 9.33. The first-order valence-corrected chi connectivity index (χ1v) is 23.9. The Bertz CT molecular complexity index is 2380. The van der Waals surface area contributed by atoms with E-state index in [0.717, 1.165) is 74.4 Å².